The van der Waals surface area contributed by atoms with Crippen LogP contribution in [0.25, 0.3) is 11.4 Å². The number of benzene rings is 1. The largest absolute Gasteiger partial charge is 0.342 e. The van der Waals surface area contributed by atoms with E-state index in [1.165, 1.54) is 22.8 Å². The van der Waals surface area contributed by atoms with Crippen LogP contribution in [0.4, 0.5) is 4.39 Å². The van der Waals surface area contributed by atoms with Crippen LogP contribution in [0, 0.1) is 12.7 Å². The Kier molecular flexibility index (Phi) is 5.26. The van der Waals surface area contributed by atoms with Crippen LogP contribution >= 0.6 is 0 Å². The van der Waals surface area contributed by atoms with Crippen LogP contribution in [0.3, 0.4) is 0 Å². The van der Waals surface area contributed by atoms with Gasteiger partial charge in [0.15, 0.2) is 0 Å². The number of aromatic nitrogens is 2. The second-order valence-corrected chi connectivity index (χ2v) is 5.22. The highest BCUT2D eigenvalue weighted by molar-refractivity contribution is 5.76. The number of hydrogen-bond acceptors (Lipinski definition) is 3. The van der Waals surface area contributed by atoms with Gasteiger partial charge in [0.1, 0.15) is 18.2 Å². The number of amides is 1. The summed E-state index contributed by atoms with van der Waals surface area (Å²) >= 11 is 0. The van der Waals surface area contributed by atoms with E-state index in [1.54, 1.807) is 24.0 Å². The molecule has 1 aromatic heterocycles. The molecule has 0 bridgehead atoms. The molecule has 5 nitrogen and oxygen atoms in total. The molecule has 2 rings (SSSR count). The number of halogens is 1. The quantitative estimate of drug-likeness (QED) is 0.850. The molecule has 122 valence electrons. The first kappa shape index (κ1) is 16.9. The molecule has 1 aromatic carbocycles. The van der Waals surface area contributed by atoms with E-state index in [0.717, 1.165) is 0 Å². The fourth-order valence-electron chi connectivity index (χ4n) is 2.40. The molecule has 0 aliphatic rings. The van der Waals surface area contributed by atoms with Crippen molar-refractivity contribution in [2.75, 3.05) is 13.1 Å². The highest BCUT2D eigenvalue weighted by Gasteiger charge is 2.16. The molecule has 0 fully saturated rings. The minimum Gasteiger partial charge on any atom is -0.342 e. The minimum atomic E-state index is -0.366. The molecule has 0 spiro atoms. The first-order valence-electron chi connectivity index (χ1n) is 7.58. The molecule has 1 amide bonds. The van der Waals surface area contributed by atoms with Gasteiger partial charge < -0.3 is 4.90 Å². The van der Waals surface area contributed by atoms with Gasteiger partial charge in [0.2, 0.25) is 5.91 Å². The number of carbonyl (C=O) groups excluding carboxylic acids is 1. The predicted octanol–water partition coefficient (Wildman–Crippen LogP) is 2.23. The molecule has 0 aliphatic carbocycles. The van der Waals surface area contributed by atoms with E-state index in [2.05, 4.69) is 4.98 Å². The lowest BCUT2D eigenvalue weighted by atomic mass is 10.2. The molecular weight excluding hydrogens is 297 g/mol. The lowest BCUT2D eigenvalue weighted by molar-refractivity contribution is -0.131. The Labute approximate surface area is 134 Å². The van der Waals surface area contributed by atoms with Gasteiger partial charge in [-0.3, -0.25) is 14.2 Å². The van der Waals surface area contributed by atoms with Gasteiger partial charge in [-0.2, -0.15) is 0 Å². The third-order valence-electron chi connectivity index (χ3n) is 3.65. The zero-order chi connectivity index (χ0) is 17.0. The normalized spacial score (nSPS) is 10.6. The topological polar surface area (TPSA) is 55.2 Å². The fraction of sp³-hybridized carbons (Fsp3) is 0.353. The summed E-state index contributed by atoms with van der Waals surface area (Å²) in [6, 6.07) is 7.10. The van der Waals surface area contributed by atoms with Crippen LogP contribution < -0.4 is 5.56 Å². The number of hydrogen-bond donors (Lipinski definition) is 0. The van der Waals surface area contributed by atoms with Crippen molar-refractivity contribution >= 4 is 5.91 Å². The number of nitrogens with zero attached hydrogens (tertiary/aromatic N) is 3. The molecule has 0 unspecified atom stereocenters. The molecule has 0 N–H and O–H groups in total. The van der Waals surface area contributed by atoms with Crippen LogP contribution in [0.15, 0.2) is 35.1 Å². The summed E-state index contributed by atoms with van der Waals surface area (Å²) in [6.45, 7) is 6.56. The van der Waals surface area contributed by atoms with Crippen molar-refractivity contribution in [2.45, 2.75) is 27.3 Å². The summed E-state index contributed by atoms with van der Waals surface area (Å²) in [7, 11) is 0. The second-order valence-electron chi connectivity index (χ2n) is 5.22. The molecule has 1 heterocycles. The molecule has 0 saturated heterocycles. The second kappa shape index (κ2) is 7.17. The Hall–Kier alpha value is -2.50. The van der Waals surface area contributed by atoms with Gasteiger partial charge in [-0.25, -0.2) is 9.37 Å². The molecular formula is C17H20FN3O2. The van der Waals surface area contributed by atoms with Gasteiger partial charge in [-0.1, -0.05) is 0 Å². The average Bonchev–Trinajstić information content (AvgIpc) is 2.52. The maximum atomic E-state index is 13.1. The number of aryl methyl sites for hydroxylation is 1. The van der Waals surface area contributed by atoms with Crippen molar-refractivity contribution in [2.24, 2.45) is 0 Å². The Morgan fingerprint density at radius 3 is 2.39 bits per heavy atom. The summed E-state index contributed by atoms with van der Waals surface area (Å²) in [5.74, 6) is -0.142. The lowest BCUT2D eigenvalue weighted by Gasteiger charge is -2.20. The zero-order valence-corrected chi connectivity index (χ0v) is 13.5. The SMILES string of the molecule is CCN(CC)C(=O)Cn1c(-c2ccc(F)cc2)nc(C)cc1=O. The van der Waals surface area contributed by atoms with Crippen molar-refractivity contribution in [1.82, 2.24) is 14.5 Å². The molecule has 6 heteroatoms. The Morgan fingerprint density at radius 2 is 1.83 bits per heavy atom. The monoisotopic (exact) mass is 317 g/mol. The first-order chi connectivity index (χ1) is 11.0. The van der Waals surface area contributed by atoms with Gasteiger partial charge in [0.25, 0.3) is 5.56 Å². The standard InChI is InChI=1S/C17H20FN3O2/c1-4-20(5-2)16(23)11-21-15(22)10-12(3)19-17(21)13-6-8-14(18)9-7-13/h6-10H,4-5,11H2,1-3H3. The van der Waals surface area contributed by atoms with Gasteiger partial charge in [0, 0.05) is 30.4 Å². The van der Waals surface area contributed by atoms with Gasteiger partial charge in [0.05, 0.1) is 0 Å². The summed E-state index contributed by atoms with van der Waals surface area (Å²) in [6.07, 6.45) is 0. The third-order valence-corrected chi connectivity index (χ3v) is 3.65. The Morgan fingerprint density at radius 1 is 1.22 bits per heavy atom. The number of carbonyl (C=O) groups is 1. The molecule has 0 atom stereocenters. The van der Waals surface area contributed by atoms with Gasteiger partial charge >= 0.3 is 0 Å². The summed E-state index contributed by atoms with van der Waals surface area (Å²) in [5, 5.41) is 0. The summed E-state index contributed by atoms with van der Waals surface area (Å²) in [4.78, 5) is 30.7. The van der Waals surface area contributed by atoms with Crippen LogP contribution in [0.2, 0.25) is 0 Å². The lowest BCUT2D eigenvalue weighted by Crippen LogP contribution is -2.37. The Balaban J connectivity index is 2.48. The molecule has 0 saturated carbocycles. The van der Waals surface area contributed by atoms with E-state index >= 15 is 0 Å². The predicted molar refractivity (Wildman–Crippen MR) is 86.6 cm³/mol. The van der Waals surface area contributed by atoms with E-state index in [0.29, 0.717) is 30.2 Å². The smallest absolute Gasteiger partial charge is 0.254 e. The maximum absolute atomic E-state index is 13.1. The van der Waals surface area contributed by atoms with Crippen molar-refractivity contribution < 1.29 is 9.18 Å². The molecule has 23 heavy (non-hydrogen) atoms. The van der Waals surface area contributed by atoms with Crippen molar-refractivity contribution in [3.05, 3.63) is 52.2 Å². The van der Waals surface area contributed by atoms with Crippen molar-refractivity contribution in [3.63, 3.8) is 0 Å². The van der Waals surface area contributed by atoms with Crippen LogP contribution in [0.5, 0.6) is 0 Å². The first-order valence-corrected chi connectivity index (χ1v) is 7.58. The maximum Gasteiger partial charge on any atom is 0.254 e. The van der Waals surface area contributed by atoms with Gasteiger partial charge in [-0.15, -0.1) is 0 Å². The molecule has 0 radical (unpaired) electrons. The third kappa shape index (κ3) is 3.83. The fourth-order valence-corrected chi connectivity index (χ4v) is 2.40. The van der Waals surface area contributed by atoms with Crippen LogP contribution in [-0.2, 0) is 11.3 Å². The van der Waals surface area contributed by atoms with Crippen molar-refractivity contribution in [3.8, 4) is 11.4 Å². The van der Waals surface area contributed by atoms with Crippen LogP contribution in [0.1, 0.15) is 19.5 Å². The van der Waals surface area contributed by atoms with Gasteiger partial charge in [-0.05, 0) is 45.0 Å². The van der Waals surface area contributed by atoms with E-state index in [9.17, 15) is 14.0 Å². The number of rotatable bonds is 5. The van der Waals surface area contributed by atoms with E-state index < -0.39 is 0 Å². The van der Waals surface area contributed by atoms with E-state index in [1.807, 2.05) is 13.8 Å². The van der Waals surface area contributed by atoms with E-state index in [4.69, 9.17) is 0 Å². The van der Waals surface area contributed by atoms with Crippen molar-refractivity contribution in [1.29, 1.82) is 0 Å². The number of likely N-dealkylation sites (N-methyl/N-ethyl adjacent to an activating group) is 1. The zero-order valence-electron chi connectivity index (χ0n) is 13.5. The minimum absolute atomic E-state index is 0.0828. The highest BCUT2D eigenvalue weighted by atomic mass is 19.1. The van der Waals surface area contributed by atoms with E-state index in [-0.39, 0.29) is 23.8 Å². The summed E-state index contributed by atoms with van der Waals surface area (Å²) < 4.78 is 14.5. The average molecular weight is 317 g/mol. The summed E-state index contributed by atoms with van der Waals surface area (Å²) in [5.41, 5.74) is 0.859. The molecule has 0 aliphatic heterocycles. The Bertz CT molecular complexity index is 749. The van der Waals surface area contributed by atoms with Crippen LogP contribution in [-0.4, -0.2) is 33.4 Å². The highest BCUT2D eigenvalue weighted by Crippen LogP contribution is 2.17. The molecule has 2 aromatic rings.